The Kier molecular flexibility index (Phi) is 15.7. The highest BCUT2D eigenvalue weighted by molar-refractivity contribution is 7.86. The monoisotopic (exact) mass is 988 g/mol. The molecule has 0 aromatic heterocycles. The van der Waals surface area contributed by atoms with Crippen molar-refractivity contribution >= 4 is 75.3 Å². The quantitative estimate of drug-likeness (QED) is 0.0553. The number of nitrogens with zero attached hydrogens (tertiary/aromatic N) is 3. The molecule has 0 saturated carbocycles. The lowest BCUT2D eigenvalue weighted by atomic mass is 9.75. The molecule has 2 aromatic rings. The number of imide groups is 1. The van der Waals surface area contributed by atoms with Gasteiger partial charge in [-0.1, -0.05) is 0 Å². The van der Waals surface area contributed by atoms with Crippen LogP contribution in [0.4, 0.5) is 11.4 Å². The largest absolute Gasteiger partial charge is 0.383 e. The molecule has 0 aliphatic carbocycles. The average Bonchev–Trinajstić information content (AvgIpc) is 3.71. The standard InChI is InChI=1S/C41H53N3O17S4/c1-28(25-36-41(3,18-9-23-63(51,52)53)32-27-30(65(57,58)59)12-14-34(32)43(36)20-21-60-4)24-35-40(2,17-8-22-62(48,49)50)31-26-29(64(54,55)56)11-13-33(31)42(35)19-7-5-6-10-39(47)61-44-37(45)15-16-38(44)46/h11-14,24-27H,5-10,15-23H2,1-4H3,(H3-,48,49,50,51,52,53,54,55,56,57,58,59)/p+1. The summed E-state index contributed by atoms with van der Waals surface area (Å²) >= 11 is 0. The maximum absolute atomic E-state index is 12.5. The number of ether oxygens (including phenoxy) is 1. The number of methoxy groups -OCH3 is 1. The van der Waals surface area contributed by atoms with Gasteiger partial charge in [-0.05, 0) is 107 Å². The fourth-order valence-corrected chi connectivity index (χ4v) is 10.7. The highest BCUT2D eigenvalue weighted by Crippen LogP contribution is 2.52. The predicted molar refractivity (Wildman–Crippen MR) is 235 cm³/mol. The molecular formula is C41H54N3O17S4+. The minimum Gasteiger partial charge on any atom is -0.383 e. The summed E-state index contributed by atoms with van der Waals surface area (Å²) in [6.07, 6.45) is 4.53. The van der Waals surface area contributed by atoms with Crippen LogP contribution in [0.25, 0.3) is 0 Å². The Balaban J connectivity index is 1.63. The van der Waals surface area contributed by atoms with Crippen molar-refractivity contribution in [2.45, 2.75) is 106 Å². The predicted octanol–water partition coefficient (Wildman–Crippen LogP) is 4.29. The molecule has 24 heteroatoms. The number of rotatable bonds is 22. The molecule has 3 aliphatic heterocycles. The van der Waals surface area contributed by atoms with E-state index in [0.29, 0.717) is 63.8 Å². The van der Waals surface area contributed by atoms with E-state index < -0.39 is 90.4 Å². The highest BCUT2D eigenvalue weighted by Gasteiger charge is 2.49. The first kappa shape index (κ1) is 51.6. The van der Waals surface area contributed by atoms with E-state index in [0.717, 1.165) is 0 Å². The third-order valence-corrected chi connectivity index (χ3v) is 15.2. The zero-order chi connectivity index (χ0) is 48.3. The number of hydrogen-bond donors (Lipinski definition) is 4. The second-order valence-electron chi connectivity index (χ2n) is 16.7. The lowest BCUT2D eigenvalue weighted by Crippen LogP contribution is -2.33. The van der Waals surface area contributed by atoms with Gasteiger partial charge in [0.1, 0.15) is 6.54 Å². The zero-order valence-electron chi connectivity index (χ0n) is 36.3. The van der Waals surface area contributed by atoms with E-state index in [1.807, 2.05) is 9.48 Å². The molecule has 3 heterocycles. The molecular weight excluding hydrogens is 935 g/mol. The second-order valence-corrected chi connectivity index (χ2v) is 22.7. The average molecular weight is 989 g/mol. The van der Waals surface area contributed by atoms with Crippen LogP contribution in [-0.4, -0.2) is 123 Å². The Bertz CT molecular complexity index is 2770. The third-order valence-electron chi connectivity index (χ3n) is 11.9. The van der Waals surface area contributed by atoms with E-state index >= 15 is 0 Å². The van der Waals surface area contributed by atoms with Gasteiger partial charge in [0.2, 0.25) is 5.69 Å². The van der Waals surface area contributed by atoms with Crippen molar-refractivity contribution in [2.24, 2.45) is 0 Å². The van der Waals surface area contributed by atoms with Crippen LogP contribution in [0.5, 0.6) is 0 Å². The molecule has 2 unspecified atom stereocenters. The number of unbranched alkanes of at least 4 members (excludes halogenated alkanes) is 2. The van der Waals surface area contributed by atoms with Crippen molar-refractivity contribution in [3.8, 4) is 0 Å². The van der Waals surface area contributed by atoms with E-state index in [9.17, 15) is 66.3 Å². The summed E-state index contributed by atoms with van der Waals surface area (Å²) in [5.74, 6) is -3.21. The summed E-state index contributed by atoms with van der Waals surface area (Å²) in [5, 5.41) is 0.471. The number of amides is 2. The molecule has 4 N–H and O–H groups in total. The molecule has 20 nitrogen and oxygen atoms in total. The van der Waals surface area contributed by atoms with Gasteiger partial charge in [0.15, 0.2) is 5.71 Å². The molecule has 1 saturated heterocycles. The van der Waals surface area contributed by atoms with Crippen molar-refractivity contribution in [1.29, 1.82) is 0 Å². The summed E-state index contributed by atoms with van der Waals surface area (Å²) in [7, 11) is -16.7. The van der Waals surface area contributed by atoms with Crippen molar-refractivity contribution in [1.82, 2.24) is 5.06 Å². The van der Waals surface area contributed by atoms with E-state index in [4.69, 9.17) is 9.57 Å². The highest BCUT2D eigenvalue weighted by atomic mass is 32.2. The van der Waals surface area contributed by atoms with Crippen molar-refractivity contribution in [2.75, 3.05) is 43.2 Å². The molecule has 1 fully saturated rings. The van der Waals surface area contributed by atoms with Crippen LogP contribution in [0.15, 0.2) is 69.6 Å². The van der Waals surface area contributed by atoms with Crippen molar-refractivity contribution in [3.63, 3.8) is 0 Å². The van der Waals surface area contributed by atoms with Gasteiger partial charge in [0, 0.05) is 73.8 Å². The van der Waals surface area contributed by atoms with Gasteiger partial charge in [0.25, 0.3) is 52.3 Å². The first-order valence-corrected chi connectivity index (χ1v) is 26.7. The number of anilines is 1. The third kappa shape index (κ3) is 12.3. The normalized spacial score (nSPS) is 21.2. The molecule has 2 aromatic carbocycles. The fraction of sp³-hybridized carbons (Fsp3) is 0.512. The molecule has 2 amide bonds. The Labute approximate surface area is 378 Å². The Morgan fingerprint density at radius 2 is 1.32 bits per heavy atom. The number of hydroxylamine groups is 2. The Morgan fingerprint density at radius 1 is 0.769 bits per heavy atom. The number of benzene rings is 2. The van der Waals surface area contributed by atoms with Crippen molar-refractivity contribution in [3.05, 3.63) is 70.9 Å². The first-order valence-electron chi connectivity index (χ1n) is 20.6. The van der Waals surface area contributed by atoms with E-state index in [-0.39, 0.29) is 64.6 Å². The number of hydrogen-bond acceptors (Lipinski definition) is 14. The first-order chi connectivity index (χ1) is 30.1. The van der Waals surface area contributed by atoms with Crippen LogP contribution in [0.3, 0.4) is 0 Å². The number of fused-ring (bicyclic) bond motifs is 2. The summed E-state index contributed by atoms with van der Waals surface area (Å²) in [5.41, 5.74) is 1.29. The summed E-state index contributed by atoms with van der Waals surface area (Å²) in [6.45, 7) is 5.98. The minimum atomic E-state index is -4.72. The SMILES string of the molecule is COCCN1/C(=C/C(C)=C/C2=[N+](CCCCCC(=O)ON3C(=O)CCC3=O)c3ccc(S(=O)(=O)O)cc3C2(C)CCCS(=O)(=O)O)C(C)(CCCS(=O)(=O)O)c2cc(S(=O)(=O)O)ccc21. The van der Waals surface area contributed by atoms with E-state index in [2.05, 4.69) is 0 Å². The molecule has 0 spiro atoms. The maximum atomic E-state index is 12.5. The molecule has 0 radical (unpaired) electrons. The molecule has 65 heavy (non-hydrogen) atoms. The van der Waals surface area contributed by atoms with Crippen LogP contribution >= 0.6 is 0 Å². The summed E-state index contributed by atoms with van der Waals surface area (Å²) in [4.78, 5) is 42.4. The lowest BCUT2D eigenvalue weighted by Gasteiger charge is -2.31. The van der Waals surface area contributed by atoms with Gasteiger partial charge in [-0.25, -0.2) is 4.79 Å². The number of carbonyl (C=O) groups excluding carboxylic acids is 3. The smallest absolute Gasteiger partial charge is 0.333 e. The van der Waals surface area contributed by atoms with E-state index in [1.165, 1.54) is 43.5 Å². The molecule has 0 bridgehead atoms. The molecule has 5 rings (SSSR count). The zero-order valence-corrected chi connectivity index (χ0v) is 39.6. The second kappa shape index (κ2) is 19.8. The maximum Gasteiger partial charge on any atom is 0.333 e. The van der Waals surface area contributed by atoms with Gasteiger partial charge < -0.3 is 14.5 Å². The van der Waals surface area contributed by atoms with Crippen LogP contribution < -0.4 is 4.90 Å². The number of carbonyl (C=O) groups is 3. The number of allylic oxidation sites excluding steroid dienone is 4. The molecule has 2 atom stereocenters. The van der Waals surface area contributed by atoms with Crippen molar-refractivity contribution < 1.29 is 80.4 Å². The molecule has 3 aliphatic rings. The van der Waals surface area contributed by atoms with Crippen LogP contribution in [0.2, 0.25) is 0 Å². The van der Waals surface area contributed by atoms with Gasteiger partial charge in [-0.2, -0.15) is 38.2 Å². The Hall–Kier alpha value is -4.40. The van der Waals surface area contributed by atoms with Gasteiger partial charge in [0.05, 0.1) is 33.3 Å². The van der Waals surface area contributed by atoms with Crippen LogP contribution in [-0.2, 0) is 75.3 Å². The van der Waals surface area contributed by atoms with Gasteiger partial charge in [-0.15, -0.1) is 5.06 Å². The fourth-order valence-electron chi connectivity index (χ4n) is 8.71. The topological polar surface area (TPSA) is 297 Å². The van der Waals surface area contributed by atoms with Gasteiger partial charge >= 0.3 is 5.97 Å². The summed E-state index contributed by atoms with van der Waals surface area (Å²) in [6, 6.07) is 8.10. The van der Waals surface area contributed by atoms with E-state index in [1.54, 1.807) is 32.9 Å². The Morgan fingerprint density at radius 3 is 1.88 bits per heavy atom. The summed E-state index contributed by atoms with van der Waals surface area (Å²) < 4.78 is 144. The van der Waals surface area contributed by atoms with Gasteiger partial charge in [-0.3, -0.25) is 27.8 Å². The molecule has 358 valence electrons. The van der Waals surface area contributed by atoms with Crippen LogP contribution in [0.1, 0.15) is 96.1 Å². The van der Waals surface area contributed by atoms with Crippen LogP contribution in [0, 0.1) is 0 Å². The lowest BCUT2D eigenvalue weighted by molar-refractivity contribution is -0.438. The minimum absolute atomic E-state index is 0.0534.